The summed E-state index contributed by atoms with van der Waals surface area (Å²) in [5.41, 5.74) is 3.09. The van der Waals surface area contributed by atoms with Gasteiger partial charge in [0, 0.05) is 17.1 Å². The topological polar surface area (TPSA) is 68.9 Å². The van der Waals surface area contributed by atoms with Crippen LogP contribution in [0.25, 0.3) is 27.9 Å². The van der Waals surface area contributed by atoms with Crippen LogP contribution in [-0.4, -0.2) is 29.8 Å². The maximum Gasteiger partial charge on any atom is 0.271 e. The Labute approximate surface area is 179 Å². The van der Waals surface area contributed by atoms with Crippen molar-refractivity contribution in [3.05, 3.63) is 82.6 Å². The molecule has 3 aromatic heterocycles. The first-order valence-corrected chi connectivity index (χ1v) is 10.3. The van der Waals surface area contributed by atoms with E-state index in [4.69, 9.17) is 5.10 Å². The monoisotopic (exact) mass is 460 g/mol. The van der Waals surface area contributed by atoms with Gasteiger partial charge in [0.15, 0.2) is 5.82 Å². The van der Waals surface area contributed by atoms with Crippen LogP contribution in [0.5, 0.6) is 0 Å². The molecule has 2 aromatic carbocycles. The molecular weight excluding hydrogens is 447 g/mol. The molecule has 1 saturated carbocycles. The van der Waals surface area contributed by atoms with Crippen LogP contribution < -0.4 is 0 Å². The second-order valence-corrected chi connectivity index (χ2v) is 8.36. The molecule has 6 nitrogen and oxygen atoms in total. The average molecular weight is 461 g/mol. The third kappa shape index (κ3) is 2.64. The summed E-state index contributed by atoms with van der Waals surface area (Å²) < 4.78 is 16.1. The van der Waals surface area contributed by atoms with Crippen LogP contribution in [0.15, 0.2) is 65.4 Å². The normalized spacial score (nSPS) is 15.0. The zero-order valence-corrected chi connectivity index (χ0v) is 17.2. The number of fused-ring (bicyclic) bond motifs is 2. The number of hydrogen-bond donors (Lipinski definition) is 0. The summed E-state index contributed by atoms with van der Waals surface area (Å²) in [7, 11) is 0. The molecule has 0 atom stereocenters. The Bertz CT molecular complexity index is 1440. The summed E-state index contributed by atoms with van der Waals surface area (Å²) in [5.74, 6) is 0.842. The minimum Gasteiger partial charge on any atom is -0.256 e. The van der Waals surface area contributed by atoms with Crippen molar-refractivity contribution >= 4 is 32.6 Å². The zero-order valence-electron chi connectivity index (χ0n) is 15.6. The molecule has 0 spiro atoms. The average Bonchev–Trinajstić information content (AvgIpc) is 3.47. The number of hydrogen-bond acceptors (Lipinski definition) is 5. The lowest BCUT2D eigenvalue weighted by Gasteiger charge is -2.14. The van der Waals surface area contributed by atoms with E-state index in [1.54, 1.807) is 29.0 Å². The van der Waals surface area contributed by atoms with E-state index in [1.165, 1.54) is 11.6 Å². The van der Waals surface area contributed by atoms with E-state index in [1.807, 2.05) is 12.1 Å². The molecule has 0 radical (unpaired) electrons. The lowest BCUT2D eigenvalue weighted by molar-refractivity contribution is 0.621. The van der Waals surface area contributed by atoms with Gasteiger partial charge in [0.2, 0.25) is 0 Å². The summed E-state index contributed by atoms with van der Waals surface area (Å²) in [5, 5.41) is 14.5. The molecule has 1 aliphatic carbocycles. The van der Waals surface area contributed by atoms with E-state index in [0.717, 1.165) is 29.6 Å². The molecule has 0 saturated heterocycles. The highest BCUT2D eigenvalue weighted by atomic mass is 79.9. The van der Waals surface area contributed by atoms with Crippen LogP contribution in [0.2, 0.25) is 0 Å². The Morgan fingerprint density at radius 3 is 2.73 bits per heavy atom. The summed E-state index contributed by atoms with van der Waals surface area (Å²) in [4.78, 5) is 8.80. The fourth-order valence-electron chi connectivity index (χ4n) is 3.92. The van der Waals surface area contributed by atoms with Gasteiger partial charge in [0.05, 0.1) is 21.6 Å². The smallest absolute Gasteiger partial charge is 0.256 e. The van der Waals surface area contributed by atoms with Gasteiger partial charge in [-0.25, -0.2) is 9.37 Å². The Balaban J connectivity index is 1.49. The van der Waals surface area contributed by atoms with E-state index in [-0.39, 0.29) is 11.2 Å². The molecule has 1 aliphatic rings. The lowest BCUT2D eigenvalue weighted by atomic mass is 9.94. The van der Waals surface area contributed by atoms with Gasteiger partial charge in [-0.05, 0) is 64.7 Å². The quantitative estimate of drug-likeness (QED) is 0.389. The Morgan fingerprint density at radius 1 is 1.00 bits per heavy atom. The lowest BCUT2D eigenvalue weighted by Crippen LogP contribution is -2.15. The number of aromatic nitrogens is 6. The summed E-state index contributed by atoms with van der Waals surface area (Å²) >= 11 is 3.18. The highest BCUT2D eigenvalue weighted by molar-refractivity contribution is 9.10. The number of halogens is 2. The number of nitrogens with zero attached hydrogens (tertiary/aromatic N) is 6. The molecule has 0 aliphatic heterocycles. The first-order valence-electron chi connectivity index (χ1n) is 9.54. The minimum absolute atomic E-state index is 0.248. The van der Waals surface area contributed by atoms with Crippen LogP contribution in [-0.2, 0) is 5.41 Å². The van der Waals surface area contributed by atoms with Gasteiger partial charge in [-0.3, -0.25) is 4.98 Å². The van der Waals surface area contributed by atoms with Gasteiger partial charge >= 0.3 is 0 Å². The highest BCUT2D eigenvalue weighted by Crippen LogP contribution is 2.53. The molecule has 3 heterocycles. The largest absolute Gasteiger partial charge is 0.271 e. The van der Waals surface area contributed by atoms with E-state index in [2.05, 4.69) is 54.3 Å². The summed E-state index contributed by atoms with van der Waals surface area (Å²) in [6.45, 7) is 0. The van der Waals surface area contributed by atoms with E-state index >= 15 is 0 Å². The van der Waals surface area contributed by atoms with Crippen molar-refractivity contribution in [1.29, 1.82) is 0 Å². The van der Waals surface area contributed by atoms with Gasteiger partial charge in [0.1, 0.15) is 11.5 Å². The molecule has 1 fully saturated rings. The molecule has 0 unspecified atom stereocenters. The maximum absolute atomic E-state index is 14.0. The SMILES string of the molecule is Fc1cc(-c2cnc3nnc(C4(c5ccc6ncccc6c5)CC4)n3n2)ccc1Br. The van der Waals surface area contributed by atoms with Gasteiger partial charge in [-0.2, -0.15) is 9.61 Å². The fourth-order valence-corrected chi connectivity index (χ4v) is 4.17. The Morgan fingerprint density at radius 2 is 1.90 bits per heavy atom. The van der Waals surface area contributed by atoms with Crippen LogP contribution in [0.3, 0.4) is 0 Å². The van der Waals surface area contributed by atoms with Crippen molar-refractivity contribution in [2.45, 2.75) is 18.3 Å². The molecule has 8 heteroatoms. The van der Waals surface area contributed by atoms with Crippen LogP contribution in [0, 0.1) is 5.82 Å². The van der Waals surface area contributed by atoms with Crippen molar-refractivity contribution < 1.29 is 4.39 Å². The first kappa shape index (κ1) is 17.6. The standard InChI is InChI=1S/C22H14BrFN6/c23-16-5-3-14(11-17(16)24)19-12-26-21-28-27-20(30(21)29-19)22(7-8-22)15-4-6-18-13(10-15)2-1-9-25-18/h1-6,9-12H,7-8H2. The minimum atomic E-state index is -0.346. The van der Waals surface area contributed by atoms with Crippen molar-refractivity contribution in [3.8, 4) is 11.3 Å². The second kappa shape index (κ2) is 6.37. The van der Waals surface area contributed by atoms with Gasteiger partial charge in [-0.15, -0.1) is 10.2 Å². The molecule has 5 aromatic rings. The summed E-state index contributed by atoms with van der Waals surface area (Å²) in [6.07, 6.45) is 5.30. The Hall–Kier alpha value is -3.26. The Kier molecular flexibility index (Phi) is 3.73. The van der Waals surface area contributed by atoms with E-state index < -0.39 is 0 Å². The fraction of sp³-hybridized carbons (Fsp3) is 0.136. The van der Waals surface area contributed by atoms with Crippen LogP contribution >= 0.6 is 15.9 Å². The number of pyridine rings is 1. The van der Waals surface area contributed by atoms with E-state index in [0.29, 0.717) is 21.5 Å². The van der Waals surface area contributed by atoms with Crippen molar-refractivity contribution in [2.75, 3.05) is 0 Å². The van der Waals surface area contributed by atoms with E-state index in [9.17, 15) is 4.39 Å². The molecule has 6 rings (SSSR count). The first-order chi connectivity index (χ1) is 14.6. The van der Waals surface area contributed by atoms with Crippen LogP contribution in [0.1, 0.15) is 24.2 Å². The van der Waals surface area contributed by atoms with Crippen LogP contribution in [0.4, 0.5) is 4.39 Å². The molecule has 0 bridgehead atoms. The predicted molar refractivity (Wildman–Crippen MR) is 113 cm³/mol. The maximum atomic E-state index is 14.0. The van der Waals surface area contributed by atoms with Gasteiger partial charge in [0.25, 0.3) is 5.78 Å². The number of rotatable bonds is 3. The van der Waals surface area contributed by atoms with Crippen molar-refractivity contribution in [2.24, 2.45) is 0 Å². The van der Waals surface area contributed by atoms with Gasteiger partial charge in [-0.1, -0.05) is 18.2 Å². The predicted octanol–water partition coefficient (Wildman–Crippen LogP) is 4.72. The molecule has 0 amide bonds. The van der Waals surface area contributed by atoms with Crippen molar-refractivity contribution in [3.63, 3.8) is 0 Å². The molecule has 30 heavy (non-hydrogen) atoms. The third-order valence-electron chi connectivity index (χ3n) is 5.68. The van der Waals surface area contributed by atoms with Gasteiger partial charge < -0.3 is 0 Å². The third-order valence-corrected chi connectivity index (χ3v) is 6.33. The highest BCUT2D eigenvalue weighted by Gasteiger charge is 2.50. The molecular formula is C22H14BrFN6. The second-order valence-electron chi connectivity index (χ2n) is 7.50. The summed E-state index contributed by atoms with van der Waals surface area (Å²) in [6, 6.07) is 15.2. The zero-order chi connectivity index (χ0) is 20.3. The molecule has 0 N–H and O–H groups in total. The number of benzene rings is 2. The molecule has 146 valence electrons. The van der Waals surface area contributed by atoms with Crippen molar-refractivity contribution in [1.82, 2.24) is 29.8 Å².